The number of thioether (sulfide) groups is 1. The predicted molar refractivity (Wildman–Crippen MR) is 189 cm³/mol. The van der Waals surface area contributed by atoms with E-state index in [1.807, 2.05) is 24.3 Å². The summed E-state index contributed by atoms with van der Waals surface area (Å²) >= 11 is 7.34. The number of rotatable bonds is 10. The molecule has 48 heavy (non-hydrogen) atoms. The van der Waals surface area contributed by atoms with Crippen LogP contribution in [0.5, 0.6) is 5.75 Å². The summed E-state index contributed by atoms with van der Waals surface area (Å²) in [4.78, 5) is 23.9. The second-order valence-electron chi connectivity index (χ2n) is 11.6. The maximum Gasteiger partial charge on any atom is 0.573 e. The van der Waals surface area contributed by atoms with Crippen LogP contribution in [0.3, 0.4) is 0 Å². The average Bonchev–Trinajstić information content (AvgIpc) is 3.63. The number of anilines is 1. The zero-order chi connectivity index (χ0) is 34.6. The van der Waals surface area contributed by atoms with Gasteiger partial charge in [-0.15, -0.1) is 18.3 Å². The first-order valence-electron chi connectivity index (χ1n) is 15.2. The molecule has 13 heteroatoms. The van der Waals surface area contributed by atoms with Crippen molar-refractivity contribution in [1.82, 2.24) is 20.1 Å². The number of amides is 1. The van der Waals surface area contributed by atoms with E-state index in [0.29, 0.717) is 35.8 Å². The molecule has 250 valence electrons. The molecule has 1 N–H and O–H groups in total. The number of nitrogens with one attached hydrogen (secondary N) is 1. The smallest absolute Gasteiger partial charge is 0.406 e. The van der Waals surface area contributed by atoms with E-state index in [0.717, 1.165) is 44.6 Å². The molecule has 1 aliphatic heterocycles. The Morgan fingerprint density at radius 3 is 2.40 bits per heavy atom. The number of aliphatic imine (C=N–C) groups is 1. The molecule has 2 heterocycles. The van der Waals surface area contributed by atoms with E-state index in [2.05, 4.69) is 64.5 Å². The van der Waals surface area contributed by atoms with E-state index in [4.69, 9.17) is 17.2 Å². The molecule has 8 nitrogen and oxygen atoms in total. The molecule has 4 aromatic rings. The lowest BCUT2D eigenvalue weighted by atomic mass is 10.0. The molecule has 5 rings (SSSR count). The van der Waals surface area contributed by atoms with E-state index >= 15 is 0 Å². The molecule has 1 aromatic heterocycles. The largest absolute Gasteiger partial charge is 0.573 e. The minimum Gasteiger partial charge on any atom is -0.406 e. The highest BCUT2D eigenvalue weighted by Gasteiger charge is 2.31. The van der Waals surface area contributed by atoms with Gasteiger partial charge in [-0.3, -0.25) is 9.69 Å². The van der Waals surface area contributed by atoms with Gasteiger partial charge in [0.15, 0.2) is 11.0 Å². The van der Waals surface area contributed by atoms with Gasteiger partial charge in [0.2, 0.25) is 5.91 Å². The summed E-state index contributed by atoms with van der Waals surface area (Å²) in [5.41, 5.74) is 7.91. The van der Waals surface area contributed by atoms with Crippen molar-refractivity contribution in [2.75, 3.05) is 10.7 Å². The summed E-state index contributed by atoms with van der Waals surface area (Å²) in [5.74, 6) is 0.747. The molecule has 1 amide bonds. The van der Waals surface area contributed by atoms with Gasteiger partial charge in [0.1, 0.15) is 17.1 Å². The number of benzene rings is 3. The van der Waals surface area contributed by atoms with Crippen molar-refractivity contribution < 1.29 is 22.7 Å². The Kier molecular flexibility index (Phi) is 10.7. The number of ether oxygens (including phenoxy) is 1. The molecule has 1 saturated heterocycles. The Morgan fingerprint density at radius 1 is 1.10 bits per heavy atom. The van der Waals surface area contributed by atoms with Crippen molar-refractivity contribution in [3.05, 3.63) is 102 Å². The number of carbonyl (C=O) groups is 1. The first kappa shape index (κ1) is 34.8. The van der Waals surface area contributed by atoms with Gasteiger partial charge in [-0.05, 0) is 74.6 Å². The van der Waals surface area contributed by atoms with Crippen LogP contribution in [-0.4, -0.2) is 49.0 Å². The van der Waals surface area contributed by atoms with Crippen molar-refractivity contribution in [3.63, 3.8) is 0 Å². The molecule has 1 fully saturated rings. The van der Waals surface area contributed by atoms with Crippen LogP contribution in [0, 0.1) is 20.8 Å². The number of nitrogens with zero attached hydrogens (tertiary/aromatic N) is 5. The lowest BCUT2D eigenvalue weighted by Gasteiger charge is -2.24. The Labute approximate surface area is 287 Å². The fourth-order valence-corrected chi connectivity index (χ4v) is 6.93. The number of aryl methyl sites for hydroxylation is 4. The number of hydrogen-bond acceptors (Lipinski definition) is 6. The Bertz CT molecular complexity index is 1830. The van der Waals surface area contributed by atoms with Gasteiger partial charge < -0.3 is 10.1 Å². The SMILES string of the molecule is C=C1CSC(=NC(=S)CC(CCc2ccc(-c3ncn(-c4ccc(OC(F)(F)F)cc4)n3)cc2)NC(C)=O)N1c1c(C)cc(C)cc1C. The van der Waals surface area contributed by atoms with Crippen LogP contribution in [0.4, 0.5) is 18.9 Å². The maximum atomic E-state index is 12.5. The van der Waals surface area contributed by atoms with Crippen molar-refractivity contribution >= 4 is 45.7 Å². The summed E-state index contributed by atoms with van der Waals surface area (Å²) < 4.78 is 42.8. The van der Waals surface area contributed by atoms with E-state index in [-0.39, 0.29) is 17.7 Å². The highest BCUT2D eigenvalue weighted by Crippen LogP contribution is 2.37. The summed E-state index contributed by atoms with van der Waals surface area (Å²) in [6, 6.07) is 17.3. The molecule has 0 aliphatic carbocycles. The zero-order valence-corrected chi connectivity index (χ0v) is 28.6. The van der Waals surface area contributed by atoms with E-state index in [9.17, 15) is 18.0 Å². The van der Waals surface area contributed by atoms with Crippen LogP contribution in [0.2, 0.25) is 0 Å². The fourth-order valence-electron chi connectivity index (χ4n) is 5.63. The topological polar surface area (TPSA) is 84.6 Å². The lowest BCUT2D eigenvalue weighted by Crippen LogP contribution is -2.35. The molecule has 3 aromatic carbocycles. The number of thiocarbonyl (C=S) groups is 1. The lowest BCUT2D eigenvalue weighted by molar-refractivity contribution is -0.274. The van der Waals surface area contributed by atoms with Crippen molar-refractivity contribution in [1.29, 1.82) is 0 Å². The van der Waals surface area contributed by atoms with E-state index < -0.39 is 6.36 Å². The van der Waals surface area contributed by atoms with Crippen LogP contribution >= 0.6 is 24.0 Å². The second kappa shape index (κ2) is 14.7. The first-order valence-corrected chi connectivity index (χ1v) is 16.6. The van der Waals surface area contributed by atoms with Gasteiger partial charge in [0.05, 0.1) is 11.4 Å². The van der Waals surface area contributed by atoms with Gasteiger partial charge in [-0.1, -0.05) is 72.5 Å². The van der Waals surface area contributed by atoms with Crippen LogP contribution in [0.25, 0.3) is 17.1 Å². The highest BCUT2D eigenvalue weighted by molar-refractivity contribution is 8.14. The van der Waals surface area contributed by atoms with Crippen LogP contribution in [-0.2, 0) is 11.2 Å². The summed E-state index contributed by atoms with van der Waals surface area (Å²) in [6.45, 7) is 12.0. The number of halogens is 3. The van der Waals surface area contributed by atoms with Crippen molar-refractivity contribution in [3.8, 4) is 22.8 Å². The average molecular weight is 693 g/mol. The van der Waals surface area contributed by atoms with Crippen molar-refractivity contribution in [2.45, 2.75) is 59.4 Å². The van der Waals surface area contributed by atoms with Gasteiger partial charge in [0, 0.05) is 36.4 Å². The number of alkyl halides is 3. The molecular formula is C35H35F3N6O2S2. The summed E-state index contributed by atoms with van der Waals surface area (Å²) in [7, 11) is 0. The Balaban J connectivity index is 1.22. The van der Waals surface area contributed by atoms with E-state index in [1.165, 1.54) is 47.8 Å². The van der Waals surface area contributed by atoms with Crippen molar-refractivity contribution in [2.24, 2.45) is 4.99 Å². The quantitative estimate of drug-likeness (QED) is 0.169. The Hall–Kier alpha value is -4.49. The van der Waals surface area contributed by atoms with Gasteiger partial charge >= 0.3 is 6.36 Å². The van der Waals surface area contributed by atoms with Crippen LogP contribution in [0.15, 0.2) is 84.3 Å². The number of hydrogen-bond donors (Lipinski definition) is 1. The van der Waals surface area contributed by atoms with Gasteiger partial charge in [-0.2, -0.15) is 0 Å². The standard InChI is InChI=1S/C35H35F3N6O2S2/c1-21-16-22(2)32(23(3)17-21)44-24(4)19-48-34(44)41-31(47)18-28(40-25(5)45)11-8-26-6-9-27(10-7-26)33-39-20-43(42-33)29-12-14-30(15-13-29)46-35(36,37)38/h6-7,9-10,12-17,20,28H,4,8,11,18-19H2,1-3,5H3,(H,40,45). The third-order valence-electron chi connectivity index (χ3n) is 7.60. The molecule has 1 unspecified atom stereocenters. The summed E-state index contributed by atoms with van der Waals surface area (Å²) in [6.07, 6.45) is -1.49. The molecule has 0 saturated carbocycles. The number of aromatic nitrogens is 3. The summed E-state index contributed by atoms with van der Waals surface area (Å²) in [5, 5.41) is 8.29. The van der Waals surface area contributed by atoms with Crippen LogP contribution < -0.4 is 15.0 Å². The zero-order valence-electron chi connectivity index (χ0n) is 27.0. The third-order valence-corrected chi connectivity index (χ3v) is 8.87. The molecular weight excluding hydrogens is 658 g/mol. The minimum atomic E-state index is -4.76. The molecule has 1 atom stereocenters. The predicted octanol–water partition coefficient (Wildman–Crippen LogP) is 8.04. The van der Waals surface area contributed by atoms with Crippen LogP contribution in [0.1, 0.15) is 42.0 Å². The molecule has 0 bridgehead atoms. The third kappa shape index (κ3) is 8.90. The minimum absolute atomic E-state index is 0.133. The maximum absolute atomic E-state index is 12.5. The molecule has 0 spiro atoms. The van der Waals surface area contributed by atoms with E-state index in [1.54, 1.807) is 11.8 Å². The second-order valence-corrected chi connectivity index (χ2v) is 13.0. The fraction of sp³-hybridized carbons (Fsp3) is 0.286. The highest BCUT2D eigenvalue weighted by atomic mass is 32.2. The normalized spacial score (nSPS) is 14.8. The Morgan fingerprint density at radius 2 is 1.77 bits per heavy atom. The molecule has 0 radical (unpaired) electrons. The van der Waals surface area contributed by atoms with Gasteiger partial charge in [-0.25, -0.2) is 14.7 Å². The number of carbonyl (C=O) groups excluding carboxylic acids is 1. The monoisotopic (exact) mass is 692 g/mol. The number of amidine groups is 1. The first-order chi connectivity index (χ1) is 22.8. The molecule has 1 aliphatic rings. The van der Waals surface area contributed by atoms with Gasteiger partial charge in [0.25, 0.3) is 0 Å².